The predicted molar refractivity (Wildman–Crippen MR) is 134 cm³/mol. The zero-order chi connectivity index (χ0) is 25.8. The summed E-state index contributed by atoms with van der Waals surface area (Å²) in [6.07, 6.45) is 1.72. The molecule has 0 aliphatic carbocycles. The molecule has 1 aromatic heterocycles. The number of anilines is 2. The van der Waals surface area contributed by atoms with Gasteiger partial charge in [-0.15, -0.1) is 0 Å². The molecule has 3 rings (SSSR count). The van der Waals surface area contributed by atoms with Crippen molar-refractivity contribution in [1.29, 1.82) is 5.41 Å². The fraction of sp³-hybridized carbons (Fsp3) is 0.167. The van der Waals surface area contributed by atoms with Gasteiger partial charge in [0.1, 0.15) is 23.3 Å². The molecule has 3 aromatic rings. The number of carbonyl (C=O) groups excluding carboxylic acids is 2. The quantitative estimate of drug-likeness (QED) is 0.201. The number of aldehydes is 1. The Morgan fingerprint density at radius 3 is 2.46 bits per heavy atom. The molecule has 0 unspecified atom stereocenters. The maximum atomic E-state index is 12.9. The summed E-state index contributed by atoms with van der Waals surface area (Å²) in [7, 11) is -4.06. The lowest BCUT2D eigenvalue weighted by Crippen LogP contribution is -2.49. The highest BCUT2D eigenvalue weighted by atomic mass is 32.2. The lowest BCUT2D eigenvalue weighted by molar-refractivity contribution is -0.121. The molecule has 1 amide bonds. The van der Waals surface area contributed by atoms with E-state index in [2.05, 4.69) is 9.71 Å². The zero-order valence-corrected chi connectivity index (χ0v) is 19.9. The van der Waals surface area contributed by atoms with E-state index in [0.29, 0.717) is 17.4 Å². The van der Waals surface area contributed by atoms with Crippen LogP contribution in [0.5, 0.6) is 0 Å². The molecule has 5 N–H and O–H groups in total. The lowest BCUT2D eigenvalue weighted by atomic mass is 9.90. The number of carbonyl (C=O) groups is 2. The van der Waals surface area contributed by atoms with Gasteiger partial charge in [-0.2, -0.15) is 0 Å². The van der Waals surface area contributed by atoms with E-state index in [0.717, 1.165) is 4.90 Å². The number of benzene rings is 2. The van der Waals surface area contributed by atoms with E-state index in [9.17, 15) is 22.8 Å². The number of amidine groups is 1. The van der Waals surface area contributed by atoms with Crippen LogP contribution in [0.15, 0.2) is 71.7 Å². The van der Waals surface area contributed by atoms with E-state index in [1.165, 1.54) is 32.2 Å². The highest BCUT2D eigenvalue weighted by Gasteiger charge is 2.40. The van der Waals surface area contributed by atoms with Crippen LogP contribution >= 0.6 is 0 Å². The molecule has 0 saturated carbocycles. The van der Waals surface area contributed by atoms with Gasteiger partial charge in [-0.05, 0) is 30.7 Å². The highest BCUT2D eigenvalue weighted by Crippen LogP contribution is 2.35. The van der Waals surface area contributed by atoms with E-state index in [1.807, 2.05) is 0 Å². The summed E-state index contributed by atoms with van der Waals surface area (Å²) in [4.78, 5) is 41.6. The monoisotopic (exact) mass is 495 g/mol. The number of nitrogens with zero attached hydrogens (tertiary/aromatic N) is 1. The fourth-order valence-electron chi connectivity index (χ4n) is 3.81. The minimum absolute atomic E-state index is 0.0312. The standard InChI is InChI=1S/C24H25N5O5S/c1-16(31)29(19-10-6-9-18(13-19)22(25)26)24(2,15-30)20-11-12-27-23(32)21(20)28-35(33,34)14-17-7-4-3-5-8-17/h3-13,15,28H,14H2,1-2H3,(H3,25,26)(H,27,32)/t24-/m0/s1. The van der Waals surface area contributed by atoms with Crippen LogP contribution < -0.4 is 20.9 Å². The first-order chi connectivity index (χ1) is 16.5. The summed E-state index contributed by atoms with van der Waals surface area (Å²) in [5.41, 5.74) is 3.64. The average Bonchev–Trinajstić information content (AvgIpc) is 2.80. The minimum atomic E-state index is -4.06. The van der Waals surface area contributed by atoms with Crippen molar-refractivity contribution in [2.45, 2.75) is 25.1 Å². The van der Waals surface area contributed by atoms with Crippen LogP contribution in [0.25, 0.3) is 0 Å². The van der Waals surface area contributed by atoms with Crippen molar-refractivity contribution < 1.29 is 18.0 Å². The molecule has 2 aromatic carbocycles. The smallest absolute Gasteiger partial charge is 0.272 e. The number of nitrogen functional groups attached to an aromatic ring is 1. The Kier molecular flexibility index (Phi) is 7.20. The maximum absolute atomic E-state index is 12.9. The Morgan fingerprint density at radius 1 is 1.17 bits per heavy atom. The van der Waals surface area contributed by atoms with Crippen molar-refractivity contribution in [1.82, 2.24) is 4.98 Å². The molecule has 1 heterocycles. The minimum Gasteiger partial charge on any atom is -0.384 e. The van der Waals surface area contributed by atoms with Crippen LogP contribution in [0, 0.1) is 5.41 Å². The van der Waals surface area contributed by atoms with Gasteiger partial charge >= 0.3 is 0 Å². The summed E-state index contributed by atoms with van der Waals surface area (Å²) in [5, 5.41) is 7.68. The average molecular weight is 496 g/mol. The molecule has 0 radical (unpaired) electrons. The third-order valence-corrected chi connectivity index (χ3v) is 6.62. The first-order valence-corrected chi connectivity index (χ1v) is 12.1. The van der Waals surface area contributed by atoms with Gasteiger partial charge < -0.3 is 15.5 Å². The van der Waals surface area contributed by atoms with Gasteiger partial charge in [0, 0.05) is 29.9 Å². The number of pyridine rings is 1. The molecule has 0 fully saturated rings. The molecule has 35 heavy (non-hydrogen) atoms. The van der Waals surface area contributed by atoms with Crippen molar-refractivity contribution in [3.8, 4) is 0 Å². The number of nitrogens with two attached hydrogens (primary N) is 1. The number of hydrogen-bond acceptors (Lipinski definition) is 6. The molecule has 0 bridgehead atoms. The second-order valence-corrected chi connectivity index (χ2v) is 9.75. The number of sulfonamides is 1. The third-order valence-electron chi connectivity index (χ3n) is 5.39. The maximum Gasteiger partial charge on any atom is 0.272 e. The third kappa shape index (κ3) is 5.46. The molecular weight excluding hydrogens is 470 g/mol. The van der Waals surface area contributed by atoms with Crippen LogP contribution in [-0.2, 0) is 30.9 Å². The Morgan fingerprint density at radius 2 is 1.86 bits per heavy atom. The highest BCUT2D eigenvalue weighted by molar-refractivity contribution is 7.91. The van der Waals surface area contributed by atoms with Crippen molar-refractivity contribution in [3.63, 3.8) is 0 Å². The Hall–Kier alpha value is -4.25. The lowest BCUT2D eigenvalue weighted by Gasteiger charge is -2.38. The van der Waals surface area contributed by atoms with Crippen LogP contribution in [-0.4, -0.2) is 31.4 Å². The molecule has 0 aliphatic rings. The first-order valence-electron chi connectivity index (χ1n) is 10.5. The van der Waals surface area contributed by atoms with Crippen LogP contribution in [0.3, 0.4) is 0 Å². The predicted octanol–water partition coefficient (Wildman–Crippen LogP) is 2.07. The molecule has 10 nitrogen and oxygen atoms in total. The van der Waals surface area contributed by atoms with Gasteiger partial charge in [0.2, 0.25) is 15.9 Å². The Labute approximate surface area is 202 Å². The SMILES string of the molecule is CC(=O)N(c1cccc(C(=N)N)c1)[C@@](C)(C=O)c1cc[nH]c(=O)c1NS(=O)(=O)Cc1ccccc1. The zero-order valence-electron chi connectivity index (χ0n) is 19.1. The summed E-state index contributed by atoms with van der Waals surface area (Å²) in [6.45, 7) is 2.63. The number of aromatic nitrogens is 1. The van der Waals surface area contributed by atoms with Gasteiger partial charge in [0.15, 0.2) is 0 Å². The van der Waals surface area contributed by atoms with Gasteiger partial charge in [0.25, 0.3) is 5.56 Å². The molecule has 0 saturated heterocycles. The van der Waals surface area contributed by atoms with Crippen molar-refractivity contribution in [2.24, 2.45) is 5.73 Å². The summed E-state index contributed by atoms with van der Waals surface area (Å²) < 4.78 is 28.1. The van der Waals surface area contributed by atoms with Crippen molar-refractivity contribution in [3.05, 3.63) is 93.9 Å². The molecule has 0 aliphatic heterocycles. The van der Waals surface area contributed by atoms with E-state index in [-0.39, 0.29) is 22.8 Å². The van der Waals surface area contributed by atoms with Crippen molar-refractivity contribution >= 4 is 39.4 Å². The van der Waals surface area contributed by atoms with Crippen LogP contribution in [0.4, 0.5) is 11.4 Å². The number of H-pyrrole nitrogens is 1. The van der Waals surface area contributed by atoms with E-state index >= 15 is 0 Å². The molecule has 11 heteroatoms. The normalized spacial score (nSPS) is 12.9. The number of nitrogens with one attached hydrogen (secondary N) is 3. The molecule has 0 spiro atoms. The largest absolute Gasteiger partial charge is 0.384 e. The van der Waals surface area contributed by atoms with Crippen LogP contribution in [0.2, 0.25) is 0 Å². The first kappa shape index (κ1) is 25.4. The second-order valence-electron chi connectivity index (χ2n) is 8.03. The van der Waals surface area contributed by atoms with Gasteiger partial charge in [-0.3, -0.25) is 24.6 Å². The summed E-state index contributed by atoms with van der Waals surface area (Å²) in [6, 6.07) is 15.9. The summed E-state index contributed by atoms with van der Waals surface area (Å²) in [5.74, 6) is -1.21. The summed E-state index contributed by atoms with van der Waals surface area (Å²) >= 11 is 0. The number of rotatable bonds is 9. The Bertz CT molecular complexity index is 1440. The van der Waals surface area contributed by atoms with Crippen LogP contribution in [0.1, 0.15) is 30.5 Å². The fourth-order valence-corrected chi connectivity index (χ4v) is 5.03. The van der Waals surface area contributed by atoms with Gasteiger partial charge in [-0.25, -0.2) is 8.42 Å². The van der Waals surface area contributed by atoms with Gasteiger partial charge in [-0.1, -0.05) is 42.5 Å². The number of hydrogen-bond donors (Lipinski definition) is 4. The molecule has 182 valence electrons. The number of aromatic amines is 1. The number of amides is 1. The van der Waals surface area contributed by atoms with E-state index in [1.54, 1.807) is 48.5 Å². The second kappa shape index (κ2) is 9.94. The van der Waals surface area contributed by atoms with E-state index < -0.39 is 32.8 Å². The molecule has 1 atom stereocenters. The molecular formula is C24H25N5O5S. The van der Waals surface area contributed by atoms with Gasteiger partial charge in [0.05, 0.1) is 5.75 Å². The van der Waals surface area contributed by atoms with Crippen molar-refractivity contribution in [2.75, 3.05) is 9.62 Å². The Balaban J connectivity index is 2.14. The van der Waals surface area contributed by atoms with E-state index in [4.69, 9.17) is 11.1 Å². The topological polar surface area (TPSA) is 166 Å².